The lowest BCUT2D eigenvalue weighted by Crippen LogP contribution is -2.13. The van der Waals surface area contributed by atoms with Crippen molar-refractivity contribution in [1.82, 2.24) is 5.32 Å². The van der Waals surface area contributed by atoms with Crippen LogP contribution in [0.3, 0.4) is 0 Å². The fourth-order valence-corrected chi connectivity index (χ4v) is 2.17. The molecule has 2 rings (SSSR count). The van der Waals surface area contributed by atoms with Gasteiger partial charge in [-0.2, -0.15) is 0 Å². The zero-order chi connectivity index (χ0) is 8.72. The van der Waals surface area contributed by atoms with Gasteiger partial charge in [0.2, 0.25) is 0 Å². The third-order valence-electron chi connectivity index (χ3n) is 2.96. The third kappa shape index (κ3) is 0.927. The van der Waals surface area contributed by atoms with Crippen LogP contribution in [0.5, 0.6) is 0 Å². The molecule has 0 amide bonds. The maximum Gasteiger partial charge on any atom is 0.0339 e. The van der Waals surface area contributed by atoms with Crippen molar-refractivity contribution >= 4 is 0 Å². The van der Waals surface area contributed by atoms with E-state index in [-0.39, 0.29) is 0 Å². The number of rotatable bonds is 0. The zero-order valence-electron chi connectivity index (χ0n) is 7.78. The van der Waals surface area contributed by atoms with Crippen molar-refractivity contribution in [3.8, 4) is 0 Å². The van der Waals surface area contributed by atoms with E-state index in [0.29, 0.717) is 0 Å². The molecule has 0 bridgehead atoms. The largest absolute Gasteiger partial charge is 0.362 e. The first-order chi connectivity index (χ1) is 5.70. The van der Waals surface area contributed by atoms with Crippen LogP contribution in [0.15, 0.2) is 35.2 Å². The molecule has 1 heteroatoms. The molecule has 0 spiro atoms. The summed E-state index contributed by atoms with van der Waals surface area (Å²) < 4.78 is 0. The Morgan fingerprint density at radius 2 is 2.33 bits per heavy atom. The van der Waals surface area contributed by atoms with Crippen LogP contribution in [0.4, 0.5) is 0 Å². The molecule has 12 heavy (non-hydrogen) atoms. The normalized spacial score (nSPS) is 28.3. The molecular formula is C11H15N. The van der Waals surface area contributed by atoms with Gasteiger partial charge in [0.15, 0.2) is 0 Å². The first-order valence-electron chi connectivity index (χ1n) is 4.56. The minimum atomic E-state index is 0.732. The Morgan fingerprint density at radius 3 is 3.08 bits per heavy atom. The summed E-state index contributed by atoms with van der Waals surface area (Å²) in [6, 6.07) is 0. The summed E-state index contributed by atoms with van der Waals surface area (Å²) >= 11 is 0. The highest BCUT2D eigenvalue weighted by Crippen LogP contribution is 2.40. The van der Waals surface area contributed by atoms with Crippen LogP contribution in [0, 0.1) is 5.92 Å². The molecule has 1 aliphatic carbocycles. The SMILES string of the molecule is C=C1NC=C2CCC(C)C2=C1C. The number of nitrogens with one attached hydrogen (secondary N) is 1. The molecule has 1 atom stereocenters. The summed E-state index contributed by atoms with van der Waals surface area (Å²) in [5, 5.41) is 3.21. The Bertz CT molecular complexity index is 294. The van der Waals surface area contributed by atoms with Gasteiger partial charge in [0.05, 0.1) is 0 Å². The average Bonchev–Trinajstić information content (AvgIpc) is 2.41. The molecule has 1 saturated carbocycles. The van der Waals surface area contributed by atoms with Crippen molar-refractivity contribution in [3.63, 3.8) is 0 Å². The molecule has 0 saturated heterocycles. The van der Waals surface area contributed by atoms with E-state index in [1.807, 2.05) is 0 Å². The van der Waals surface area contributed by atoms with E-state index in [0.717, 1.165) is 11.6 Å². The average molecular weight is 161 g/mol. The number of hydrogen-bond donors (Lipinski definition) is 1. The predicted octanol–water partition coefficient (Wildman–Crippen LogP) is 2.73. The highest BCUT2D eigenvalue weighted by atomic mass is 14.9. The van der Waals surface area contributed by atoms with E-state index >= 15 is 0 Å². The van der Waals surface area contributed by atoms with Gasteiger partial charge in [-0.15, -0.1) is 0 Å². The van der Waals surface area contributed by atoms with Crippen LogP contribution in [-0.2, 0) is 0 Å². The highest BCUT2D eigenvalue weighted by Gasteiger charge is 2.26. The molecule has 0 aromatic carbocycles. The van der Waals surface area contributed by atoms with Gasteiger partial charge in [-0.25, -0.2) is 0 Å². The van der Waals surface area contributed by atoms with Crippen LogP contribution in [0.2, 0.25) is 0 Å². The molecule has 0 aromatic heterocycles. The van der Waals surface area contributed by atoms with Crippen molar-refractivity contribution in [2.45, 2.75) is 26.7 Å². The zero-order valence-corrected chi connectivity index (χ0v) is 7.78. The second kappa shape index (κ2) is 2.51. The number of dihydropyridines is 1. The minimum absolute atomic E-state index is 0.732. The fourth-order valence-electron chi connectivity index (χ4n) is 2.17. The molecule has 0 aromatic rings. The minimum Gasteiger partial charge on any atom is -0.362 e. The fraction of sp³-hybridized carbons (Fsp3) is 0.455. The molecule has 1 unspecified atom stereocenters. The van der Waals surface area contributed by atoms with Gasteiger partial charge in [0.1, 0.15) is 0 Å². The molecule has 1 fully saturated rings. The first-order valence-corrected chi connectivity index (χ1v) is 4.56. The molecule has 64 valence electrons. The summed E-state index contributed by atoms with van der Waals surface area (Å²) in [7, 11) is 0. The van der Waals surface area contributed by atoms with E-state index in [9.17, 15) is 0 Å². The standard InChI is InChI=1S/C11H15N/c1-7-4-5-10-6-12-9(3)8(2)11(7)10/h6-7,12H,3-5H2,1-2H3. The lowest BCUT2D eigenvalue weighted by molar-refractivity contribution is 0.692. The second-order valence-corrected chi connectivity index (χ2v) is 3.77. The van der Waals surface area contributed by atoms with Crippen LogP contribution >= 0.6 is 0 Å². The summed E-state index contributed by atoms with van der Waals surface area (Å²) in [4.78, 5) is 0. The molecular weight excluding hydrogens is 146 g/mol. The number of allylic oxidation sites excluding steroid dienone is 3. The van der Waals surface area contributed by atoms with Crippen LogP contribution in [0.25, 0.3) is 0 Å². The Kier molecular flexibility index (Phi) is 1.60. The summed E-state index contributed by atoms with van der Waals surface area (Å²) in [6.45, 7) is 8.45. The van der Waals surface area contributed by atoms with Crippen molar-refractivity contribution in [2.75, 3.05) is 0 Å². The monoisotopic (exact) mass is 161 g/mol. The molecule has 0 radical (unpaired) electrons. The van der Waals surface area contributed by atoms with Gasteiger partial charge in [-0.3, -0.25) is 0 Å². The lowest BCUT2D eigenvalue weighted by atomic mass is 9.94. The maximum atomic E-state index is 3.98. The van der Waals surface area contributed by atoms with E-state index in [4.69, 9.17) is 0 Å². The first kappa shape index (κ1) is 7.66. The van der Waals surface area contributed by atoms with Crippen molar-refractivity contribution in [2.24, 2.45) is 5.92 Å². The van der Waals surface area contributed by atoms with Gasteiger partial charge in [-0.1, -0.05) is 13.5 Å². The Balaban J connectivity index is 2.49. The van der Waals surface area contributed by atoms with Gasteiger partial charge in [-0.05, 0) is 42.4 Å². The lowest BCUT2D eigenvalue weighted by Gasteiger charge is -2.19. The van der Waals surface area contributed by atoms with Gasteiger partial charge < -0.3 is 5.32 Å². The maximum absolute atomic E-state index is 3.98. The van der Waals surface area contributed by atoms with Crippen LogP contribution in [-0.4, -0.2) is 0 Å². The Labute approximate surface area is 73.9 Å². The molecule has 2 aliphatic rings. The molecule has 1 heterocycles. The predicted molar refractivity (Wildman–Crippen MR) is 51.5 cm³/mol. The van der Waals surface area contributed by atoms with Crippen LogP contribution in [0.1, 0.15) is 26.7 Å². The van der Waals surface area contributed by atoms with Crippen molar-refractivity contribution < 1.29 is 0 Å². The molecule has 1 aliphatic heterocycles. The van der Waals surface area contributed by atoms with Gasteiger partial charge in [0.25, 0.3) is 0 Å². The number of hydrogen-bond acceptors (Lipinski definition) is 1. The second-order valence-electron chi connectivity index (χ2n) is 3.77. The van der Waals surface area contributed by atoms with E-state index < -0.39 is 0 Å². The summed E-state index contributed by atoms with van der Waals surface area (Å²) in [5.41, 5.74) is 5.46. The van der Waals surface area contributed by atoms with Crippen molar-refractivity contribution in [1.29, 1.82) is 0 Å². The number of fused-ring (bicyclic) bond motifs is 1. The molecule has 1 nitrogen and oxygen atoms in total. The summed E-state index contributed by atoms with van der Waals surface area (Å²) in [5.74, 6) is 0.732. The van der Waals surface area contributed by atoms with E-state index in [2.05, 4.69) is 31.9 Å². The van der Waals surface area contributed by atoms with Gasteiger partial charge in [0, 0.05) is 11.9 Å². The third-order valence-corrected chi connectivity index (χ3v) is 2.96. The van der Waals surface area contributed by atoms with Crippen LogP contribution < -0.4 is 5.32 Å². The molecule has 1 N–H and O–H groups in total. The smallest absolute Gasteiger partial charge is 0.0339 e. The highest BCUT2D eigenvalue weighted by molar-refractivity contribution is 5.49. The van der Waals surface area contributed by atoms with Gasteiger partial charge >= 0.3 is 0 Å². The summed E-state index contributed by atoms with van der Waals surface area (Å²) in [6.07, 6.45) is 4.65. The van der Waals surface area contributed by atoms with E-state index in [1.54, 1.807) is 5.57 Å². The Morgan fingerprint density at radius 1 is 1.58 bits per heavy atom. The van der Waals surface area contributed by atoms with Crippen molar-refractivity contribution in [3.05, 3.63) is 35.2 Å². The quantitative estimate of drug-likeness (QED) is 0.576. The topological polar surface area (TPSA) is 12.0 Å². The Hall–Kier alpha value is -0.980. The van der Waals surface area contributed by atoms with E-state index in [1.165, 1.54) is 24.0 Å².